The molecule has 0 aromatic heterocycles. The van der Waals surface area contributed by atoms with Crippen molar-refractivity contribution in [2.75, 3.05) is 6.61 Å². The number of piperidine rings is 1. The predicted octanol–water partition coefficient (Wildman–Crippen LogP) is 3.31. The first-order valence-corrected chi connectivity index (χ1v) is 7.80. The smallest absolute Gasteiger partial charge is 0.223 e. The minimum absolute atomic E-state index is 0.0418. The fraction of sp³-hybridized carbons (Fsp3) is 0.500. The number of carbonyl (C=O) groups is 1. The molecule has 1 aromatic carbocycles. The minimum atomic E-state index is -0.252. The first-order valence-electron chi connectivity index (χ1n) is 7.80. The molecule has 1 aromatic rings. The number of hydrogen-bond acceptors (Lipinski definition) is 2. The molecule has 0 spiro atoms. The zero-order valence-electron chi connectivity index (χ0n) is 12.7. The third kappa shape index (κ3) is 3.35. The highest BCUT2D eigenvalue weighted by Gasteiger charge is 2.38. The van der Waals surface area contributed by atoms with E-state index in [4.69, 9.17) is 0 Å². The van der Waals surface area contributed by atoms with E-state index in [0.717, 1.165) is 24.8 Å². The van der Waals surface area contributed by atoms with E-state index in [1.54, 1.807) is 0 Å². The van der Waals surface area contributed by atoms with E-state index < -0.39 is 0 Å². The molecule has 1 amide bonds. The Morgan fingerprint density at radius 3 is 2.71 bits per heavy atom. The van der Waals surface area contributed by atoms with Gasteiger partial charge in [0.05, 0.1) is 12.6 Å². The summed E-state index contributed by atoms with van der Waals surface area (Å²) >= 11 is 0. The number of hydrogen-bond donors (Lipinski definition) is 1. The van der Waals surface area contributed by atoms with Crippen molar-refractivity contribution in [2.24, 2.45) is 5.92 Å². The monoisotopic (exact) mass is 287 g/mol. The van der Waals surface area contributed by atoms with Gasteiger partial charge in [-0.1, -0.05) is 49.8 Å². The first kappa shape index (κ1) is 15.8. The Morgan fingerprint density at radius 1 is 1.43 bits per heavy atom. The number of likely N-dealkylation sites (tertiary alicyclic amines) is 1. The van der Waals surface area contributed by atoms with Crippen molar-refractivity contribution >= 4 is 5.91 Å². The normalized spacial score (nSPS) is 23.9. The summed E-state index contributed by atoms with van der Waals surface area (Å²) in [6.07, 6.45) is 5.24. The summed E-state index contributed by atoms with van der Waals surface area (Å²) in [4.78, 5) is 14.4. The highest BCUT2D eigenvalue weighted by Crippen LogP contribution is 2.35. The highest BCUT2D eigenvalue weighted by atomic mass is 16.3. The molecule has 0 aliphatic carbocycles. The molecule has 1 aliphatic rings. The van der Waals surface area contributed by atoms with E-state index in [0.29, 0.717) is 12.3 Å². The van der Waals surface area contributed by atoms with Gasteiger partial charge in [-0.25, -0.2) is 0 Å². The molecule has 1 heterocycles. The van der Waals surface area contributed by atoms with Gasteiger partial charge in [0, 0.05) is 12.5 Å². The van der Waals surface area contributed by atoms with Crippen LogP contribution in [0.4, 0.5) is 0 Å². The van der Waals surface area contributed by atoms with Crippen LogP contribution < -0.4 is 0 Å². The Bertz CT molecular complexity index is 471. The Morgan fingerprint density at radius 2 is 2.14 bits per heavy atom. The van der Waals surface area contributed by atoms with E-state index in [-0.39, 0.29) is 24.6 Å². The van der Waals surface area contributed by atoms with Gasteiger partial charge in [-0.05, 0) is 24.3 Å². The summed E-state index contributed by atoms with van der Waals surface area (Å²) in [6.45, 7) is 5.97. The van der Waals surface area contributed by atoms with Gasteiger partial charge in [0.25, 0.3) is 0 Å². The van der Waals surface area contributed by atoms with Gasteiger partial charge in [-0.2, -0.15) is 0 Å². The average Bonchev–Trinajstić information content (AvgIpc) is 2.52. The van der Waals surface area contributed by atoms with Crippen molar-refractivity contribution in [3.05, 3.63) is 48.6 Å². The first-order chi connectivity index (χ1) is 10.2. The van der Waals surface area contributed by atoms with Gasteiger partial charge in [-0.15, -0.1) is 6.58 Å². The molecule has 21 heavy (non-hydrogen) atoms. The maximum absolute atomic E-state index is 12.5. The SMILES string of the molecule is C=CC[C@H]1[C@H](CC)CCC(=O)N1[C@@H](CO)c1ccccc1. The van der Waals surface area contributed by atoms with Crippen molar-refractivity contribution in [2.45, 2.75) is 44.7 Å². The molecule has 3 heteroatoms. The standard InChI is InChI=1S/C18H25NO2/c1-3-8-16-14(4-2)11-12-18(21)19(16)17(13-20)15-9-6-5-7-10-15/h3,5-7,9-10,14,16-17,20H,1,4,8,11-13H2,2H3/t14-,16+,17+/m1/s1. The number of amides is 1. The average molecular weight is 287 g/mol. The van der Waals surface area contributed by atoms with Crippen LogP contribution in [-0.4, -0.2) is 28.6 Å². The quantitative estimate of drug-likeness (QED) is 0.815. The maximum Gasteiger partial charge on any atom is 0.223 e. The van der Waals surface area contributed by atoms with E-state index >= 15 is 0 Å². The van der Waals surface area contributed by atoms with Crippen LogP contribution in [0.1, 0.15) is 44.2 Å². The Kier molecular flexibility index (Phi) is 5.57. The van der Waals surface area contributed by atoms with Crippen LogP contribution in [0.3, 0.4) is 0 Å². The van der Waals surface area contributed by atoms with Crippen molar-refractivity contribution in [3.63, 3.8) is 0 Å². The van der Waals surface area contributed by atoms with Crippen molar-refractivity contribution in [1.29, 1.82) is 0 Å². The minimum Gasteiger partial charge on any atom is -0.394 e. The summed E-state index contributed by atoms with van der Waals surface area (Å²) in [5.74, 6) is 0.632. The largest absolute Gasteiger partial charge is 0.394 e. The maximum atomic E-state index is 12.5. The zero-order chi connectivity index (χ0) is 15.2. The number of rotatable bonds is 6. The number of benzene rings is 1. The summed E-state index contributed by atoms with van der Waals surface area (Å²) < 4.78 is 0. The molecule has 1 fully saturated rings. The third-order valence-electron chi connectivity index (χ3n) is 4.54. The number of carbonyl (C=O) groups excluding carboxylic acids is 1. The fourth-order valence-electron chi connectivity index (χ4n) is 3.43. The third-order valence-corrected chi connectivity index (χ3v) is 4.54. The summed E-state index contributed by atoms with van der Waals surface area (Å²) in [5, 5.41) is 9.87. The van der Waals surface area contributed by atoms with Gasteiger partial charge in [0.15, 0.2) is 0 Å². The lowest BCUT2D eigenvalue weighted by Gasteiger charge is -2.44. The van der Waals surface area contributed by atoms with Crippen LogP contribution in [0.25, 0.3) is 0 Å². The Labute approximate surface area is 127 Å². The van der Waals surface area contributed by atoms with E-state index in [9.17, 15) is 9.90 Å². The van der Waals surface area contributed by atoms with Crippen LogP contribution in [0.2, 0.25) is 0 Å². The fourth-order valence-corrected chi connectivity index (χ4v) is 3.43. The van der Waals surface area contributed by atoms with E-state index in [2.05, 4.69) is 13.5 Å². The summed E-state index contributed by atoms with van der Waals surface area (Å²) in [7, 11) is 0. The molecule has 3 nitrogen and oxygen atoms in total. The van der Waals surface area contributed by atoms with E-state index in [1.165, 1.54) is 0 Å². The molecule has 1 N–H and O–H groups in total. The second-order valence-electron chi connectivity index (χ2n) is 5.71. The van der Waals surface area contributed by atoms with Crippen LogP contribution >= 0.6 is 0 Å². The van der Waals surface area contributed by atoms with Crippen molar-refractivity contribution < 1.29 is 9.90 Å². The molecule has 1 aliphatic heterocycles. The number of nitrogens with zero attached hydrogens (tertiary/aromatic N) is 1. The molecule has 0 saturated carbocycles. The highest BCUT2D eigenvalue weighted by molar-refractivity contribution is 5.78. The Balaban J connectivity index is 2.34. The molecule has 1 saturated heterocycles. The van der Waals surface area contributed by atoms with Crippen molar-refractivity contribution in [1.82, 2.24) is 4.90 Å². The molecule has 0 unspecified atom stereocenters. The molecule has 0 bridgehead atoms. The molecule has 2 rings (SSSR count). The number of aliphatic hydroxyl groups is 1. The second kappa shape index (κ2) is 7.41. The zero-order valence-corrected chi connectivity index (χ0v) is 12.7. The topological polar surface area (TPSA) is 40.5 Å². The van der Waals surface area contributed by atoms with Gasteiger partial charge in [0.1, 0.15) is 0 Å². The molecule has 0 radical (unpaired) electrons. The number of aliphatic hydroxyl groups excluding tert-OH is 1. The van der Waals surface area contributed by atoms with Crippen LogP contribution in [0, 0.1) is 5.92 Å². The van der Waals surface area contributed by atoms with Crippen molar-refractivity contribution in [3.8, 4) is 0 Å². The van der Waals surface area contributed by atoms with Crippen LogP contribution in [-0.2, 0) is 4.79 Å². The lowest BCUT2D eigenvalue weighted by molar-refractivity contribution is -0.143. The van der Waals surface area contributed by atoms with Crippen LogP contribution in [0.5, 0.6) is 0 Å². The summed E-state index contributed by atoms with van der Waals surface area (Å²) in [6, 6.07) is 9.71. The predicted molar refractivity (Wildman–Crippen MR) is 84.7 cm³/mol. The van der Waals surface area contributed by atoms with Gasteiger partial charge >= 0.3 is 0 Å². The summed E-state index contributed by atoms with van der Waals surface area (Å²) in [5.41, 5.74) is 0.999. The molecule has 3 atom stereocenters. The van der Waals surface area contributed by atoms with Gasteiger partial charge in [-0.3, -0.25) is 4.79 Å². The van der Waals surface area contributed by atoms with Crippen LogP contribution in [0.15, 0.2) is 43.0 Å². The molecular formula is C18H25NO2. The van der Waals surface area contributed by atoms with E-state index in [1.807, 2.05) is 41.3 Å². The Hall–Kier alpha value is -1.61. The lowest BCUT2D eigenvalue weighted by Crippen LogP contribution is -2.50. The van der Waals surface area contributed by atoms with Gasteiger partial charge in [0.2, 0.25) is 5.91 Å². The second-order valence-corrected chi connectivity index (χ2v) is 5.71. The molecule has 114 valence electrons. The lowest BCUT2D eigenvalue weighted by atomic mass is 9.83. The van der Waals surface area contributed by atoms with Gasteiger partial charge < -0.3 is 10.0 Å². The molecular weight excluding hydrogens is 262 g/mol.